The molecule has 1 heterocycles. The van der Waals surface area contributed by atoms with Crippen LogP contribution in [-0.4, -0.2) is 31.0 Å². The summed E-state index contributed by atoms with van der Waals surface area (Å²) in [4.78, 5) is 2.18. The first-order valence-corrected chi connectivity index (χ1v) is 7.44. The molecule has 2 rings (SSSR count). The molecule has 0 amide bonds. The van der Waals surface area contributed by atoms with Crippen LogP contribution in [0.2, 0.25) is 0 Å². The van der Waals surface area contributed by atoms with Crippen molar-refractivity contribution in [2.75, 3.05) is 18.0 Å². The highest BCUT2D eigenvalue weighted by atomic mass is 79.9. The smallest absolute Gasteiger partial charge is 0.405 e. The lowest BCUT2D eigenvalue weighted by Gasteiger charge is -2.44. The number of hydrogen-bond acceptors (Lipinski definition) is 3. The highest BCUT2D eigenvalue weighted by Crippen LogP contribution is 2.35. The number of halogens is 4. The fourth-order valence-corrected chi connectivity index (χ4v) is 2.84. The molecule has 1 atom stereocenters. The van der Waals surface area contributed by atoms with Crippen LogP contribution < -0.4 is 15.0 Å². The van der Waals surface area contributed by atoms with Crippen LogP contribution in [0.15, 0.2) is 22.7 Å². The van der Waals surface area contributed by atoms with Crippen LogP contribution in [-0.2, 0) is 0 Å². The molecule has 0 aliphatic carbocycles. The number of hydrogen-bond donors (Lipinski definition) is 1. The predicted octanol–water partition coefficient (Wildman–Crippen LogP) is 3.92. The van der Waals surface area contributed by atoms with Crippen LogP contribution in [0.3, 0.4) is 0 Å². The number of rotatable bonds is 2. The third kappa shape index (κ3) is 4.26. The van der Waals surface area contributed by atoms with Crippen molar-refractivity contribution in [3.8, 4) is 5.75 Å². The summed E-state index contributed by atoms with van der Waals surface area (Å²) >= 11 is 3.15. The van der Waals surface area contributed by atoms with E-state index >= 15 is 0 Å². The second-order valence-corrected chi connectivity index (χ2v) is 6.76. The van der Waals surface area contributed by atoms with Gasteiger partial charge >= 0.3 is 6.36 Å². The Balaban J connectivity index is 2.23. The Labute approximate surface area is 130 Å². The largest absolute Gasteiger partial charge is 0.573 e. The number of nitrogens with zero attached hydrogens (tertiary/aromatic N) is 1. The number of alkyl halides is 3. The van der Waals surface area contributed by atoms with Crippen LogP contribution in [0.1, 0.15) is 20.8 Å². The molecule has 0 aromatic heterocycles. The fourth-order valence-electron chi connectivity index (χ4n) is 2.39. The average Bonchev–Trinajstić information content (AvgIpc) is 2.33. The van der Waals surface area contributed by atoms with Gasteiger partial charge in [0, 0.05) is 30.4 Å². The summed E-state index contributed by atoms with van der Waals surface area (Å²) in [6.45, 7) is 7.88. The van der Waals surface area contributed by atoms with Gasteiger partial charge in [-0.25, -0.2) is 0 Å². The summed E-state index contributed by atoms with van der Waals surface area (Å²) < 4.78 is 41.1. The van der Waals surface area contributed by atoms with Crippen molar-refractivity contribution in [1.82, 2.24) is 5.32 Å². The number of nitrogens with one attached hydrogen (secondary N) is 1. The van der Waals surface area contributed by atoms with E-state index < -0.39 is 6.36 Å². The van der Waals surface area contributed by atoms with Gasteiger partial charge in [0.2, 0.25) is 0 Å². The van der Waals surface area contributed by atoms with E-state index in [0.717, 1.165) is 18.8 Å². The molecule has 1 unspecified atom stereocenters. The average molecular weight is 367 g/mol. The Bertz CT molecular complexity index is 519. The zero-order valence-electron chi connectivity index (χ0n) is 12.1. The van der Waals surface area contributed by atoms with E-state index in [1.165, 1.54) is 6.07 Å². The van der Waals surface area contributed by atoms with Crippen LogP contribution in [0.5, 0.6) is 5.75 Å². The number of piperazine rings is 1. The summed E-state index contributed by atoms with van der Waals surface area (Å²) in [6.07, 6.45) is -4.69. The zero-order chi connectivity index (χ0) is 15.8. The molecule has 1 aliphatic rings. The molecule has 118 valence electrons. The third-order valence-electron chi connectivity index (χ3n) is 3.45. The Morgan fingerprint density at radius 2 is 2.05 bits per heavy atom. The van der Waals surface area contributed by atoms with Crippen molar-refractivity contribution >= 4 is 21.6 Å². The number of ether oxygens (including phenoxy) is 1. The molecule has 1 N–H and O–H groups in total. The topological polar surface area (TPSA) is 24.5 Å². The first kappa shape index (κ1) is 16.4. The molecule has 0 radical (unpaired) electrons. The number of benzene rings is 1. The monoisotopic (exact) mass is 366 g/mol. The summed E-state index contributed by atoms with van der Waals surface area (Å²) in [5.74, 6) is -0.228. The molecule has 3 nitrogen and oxygen atoms in total. The molecule has 21 heavy (non-hydrogen) atoms. The summed E-state index contributed by atoms with van der Waals surface area (Å²) in [6, 6.07) is 4.93. The molecule has 1 aromatic rings. The maximum Gasteiger partial charge on any atom is 0.573 e. The normalized spacial score (nSPS) is 22.2. The minimum absolute atomic E-state index is 0.0415. The Hall–Kier alpha value is -0.950. The van der Waals surface area contributed by atoms with Gasteiger partial charge in [-0.3, -0.25) is 0 Å². The highest BCUT2D eigenvalue weighted by Gasteiger charge is 2.33. The fraction of sp³-hybridized carbons (Fsp3) is 0.571. The second-order valence-electron chi connectivity index (χ2n) is 5.90. The van der Waals surface area contributed by atoms with Gasteiger partial charge < -0.3 is 15.0 Å². The van der Waals surface area contributed by atoms with Gasteiger partial charge in [0.25, 0.3) is 0 Å². The lowest BCUT2D eigenvalue weighted by Crippen LogP contribution is -2.61. The molecule has 1 aromatic carbocycles. The van der Waals surface area contributed by atoms with Crippen LogP contribution in [0.4, 0.5) is 18.9 Å². The van der Waals surface area contributed by atoms with E-state index in [4.69, 9.17) is 0 Å². The maximum atomic E-state index is 12.3. The Morgan fingerprint density at radius 3 is 2.62 bits per heavy atom. The minimum atomic E-state index is -4.69. The molecule has 1 aliphatic heterocycles. The second kappa shape index (κ2) is 5.68. The van der Waals surface area contributed by atoms with Crippen LogP contribution >= 0.6 is 15.9 Å². The van der Waals surface area contributed by atoms with Crippen molar-refractivity contribution < 1.29 is 17.9 Å². The predicted molar refractivity (Wildman–Crippen MR) is 79.7 cm³/mol. The summed E-state index contributed by atoms with van der Waals surface area (Å²) in [7, 11) is 0. The molecule has 1 saturated heterocycles. The van der Waals surface area contributed by atoms with Gasteiger partial charge in [0.1, 0.15) is 5.75 Å². The standard InChI is InChI=1S/C14H18BrF3N2O/c1-9-7-19-13(2,3)8-20(9)10-4-5-12(11(15)6-10)21-14(16,17)18/h4-6,9,19H,7-8H2,1-3H3. The van der Waals surface area contributed by atoms with Crippen LogP contribution in [0, 0.1) is 0 Å². The first-order valence-electron chi connectivity index (χ1n) is 6.64. The van der Waals surface area contributed by atoms with E-state index in [9.17, 15) is 13.2 Å². The van der Waals surface area contributed by atoms with E-state index in [1.54, 1.807) is 12.1 Å². The first-order chi connectivity index (χ1) is 9.57. The lowest BCUT2D eigenvalue weighted by atomic mass is 9.98. The van der Waals surface area contributed by atoms with E-state index in [2.05, 4.69) is 51.7 Å². The van der Waals surface area contributed by atoms with Crippen molar-refractivity contribution in [3.63, 3.8) is 0 Å². The van der Waals surface area contributed by atoms with Gasteiger partial charge in [0.05, 0.1) is 4.47 Å². The molecule has 0 bridgehead atoms. The number of anilines is 1. The quantitative estimate of drug-likeness (QED) is 0.858. The van der Waals surface area contributed by atoms with Crippen molar-refractivity contribution in [3.05, 3.63) is 22.7 Å². The lowest BCUT2D eigenvalue weighted by molar-refractivity contribution is -0.274. The van der Waals surface area contributed by atoms with Gasteiger partial charge in [-0.15, -0.1) is 13.2 Å². The van der Waals surface area contributed by atoms with Crippen molar-refractivity contribution in [1.29, 1.82) is 0 Å². The zero-order valence-corrected chi connectivity index (χ0v) is 13.7. The van der Waals surface area contributed by atoms with Gasteiger partial charge in [-0.1, -0.05) is 0 Å². The van der Waals surface area contributed by atoms with E-state index in [1.807, 2.05) is 0 Å². The molecule has 0 saturated carbocycles. The SMILES string of the molecule is CC1CNC(C)(C)CN1c1ccc(OC(F)(F)F)c(Br)c1. The van der Waals surface area contributed by atoms with Gasteiger partial charge in [-0.2, -0.15) is 0 Å². The van der Waals surface area contributed by atoms with Crippen LogP contribution in [0.25, 0.3) is 0 Å². The van der Waals surface area contributed by atoms with Gasteiger partial charge in [-0.05, 0) is 54.9 Å². The molecular weight excluding hydrogens is 349 g/mol. The maximum absolute atomic E-state index is 12.3. The van der Waals surface area contributed by atoms with Crippen molar-refractivity contribution in [2.24, 2.45) is 0 Å². The van der Waals surface area contributed by atoms with Gasteiger partial charge in [0.15, 0.2) is 0 Å². The molecule has 0 spiro atoms. The Kier molecular flexibility index (Phi) is 4.44. The van der Waals surface area contributed by atoms with E-state index in [-0.39, 0.29) is 17.3 Å². The molecular formula is C14H18BrF3N2O. The highest BCUT2D eigenvalue weighted by molar-refractivity contribution is 9.10. The van der Waals surface area contributed by atoms with E-state index in [0.29, 0.717) is 4.47 Å². The van der Waals surface area contributed by atoms with Crippen molar-refractivity contribution in [2.45, 2.75) is 38.7 Å². The minimum Gasteiger partial charge on any atom is -0.405 e. The Morgan fingerprint density at radius 1 is 1.38 bits per heavy atom. The molecule has 7 heteroatoms. The summed E-state index contributed by atoms with van der Waals surface area (Å²) in [5.41, 5.74) is 0.832. The molecule has 1 fully saturated rings. The summed E-state index contributed by atoms with van der Waals surface area (Å²) in [5, 5.41) is 3.44. The third-order valence-corrected chi connectivity index (χ3v) is 4.07.